The molecule has 0 fully saturated rings. The van der Waals surface area contributed by atoms with Gasteiger partial charge in [0, 0.05) is 25.6 Å². The van der Waals surface area contributed by atoms with Crippen molar-refractivity contribution in [1.29, 1.82) is 0 Å². The molecule has 1 aliphatic carbocycles. The maximum absolute atomic E-state index is 12.2. The Bertz CT molecular complexity index is 787. The molecule has 3 rings (SSSR count). The highest BCUT2D eigenvalue weighted by atomic mass is 32.2. The van der Waals surface area contributed by atoms with E-state index in [4.69, 9.17) is 4.74 Å². The first-order chi connectivity index (χ1) is 13.0. The van der Waals surface area contributed by atoms with Crippen LogP contribution >= 0.6 is 23.1 Å². The van der Waals surface area contributed by atoms with E-state index in [1.54, 1.807) is 7.11 Å². The Hall–Kier alpha value is -1.38. The minimum absolute atomic E-state index is 0.0150. The molecule has 0 saturated carbocycles. The van der Waals surface area contributed by atoms with Crippen molar-refractivity contribution >= 4 is 29.0 Å². The summed E-state index contributed by atoms with van der Waals surface area (Å²) in [5.41, 5.74) is 1.48. The van der Waals surface area contributed by atoms with Gasteiger partial charge >= 0.3 is 0 Å². The number of nitrogens with zero attached hydrogens (tertiary/aromatic N) is 3. The van der Waals surface area contributed by atoms with E-state index in [-0.39, 0.29) is 11.2 Å². The van der Waals surface area contributed by atoms with E-state index in [9.17, 15) is 4.79 Å². The van der Waals surface area contributed by atoms with Crippen LogP contribution < -0.4 is 5.32 Å². The summed E-state index contributed by atoms with van der Waals surface area (Å²) >= 11 is 3.27. The molecule has 2 atom stereocenters. The van der Waals surface area contributed by atoms with Crippen molar-refractivity contribution in [3.63, 3.8) is 0 Å². The third-order valence-electron chi connectivity index (χ3n) is 5.07. The Morgan fingerprint density at radius 1 is 1.52 bits per heavy atom. The Morgan fingerprint density at radius 3 is 3.07 bits per heavy atom. The minimum Gasteiger partial charge on any atom is -0.383 e. The number of thiophene rings is 1. The van der Waals surface area contributed by atoms with Crippen LogP contribution in [0.2, 0.25) is 0 Å². The summed E-state index contributed by atoms with van der Waals surface area (Å²) < 4.78 is 6.96. The van der Waals surface area contributed by atoms with Crippen LogP contribution in [0.4, 0.5) is 0 Å². The molecule has 6 nitrogen and oxygen atoms in total. The predicted molar refractivity (Wildman–Crippen MR) is 110 cm³/mol. The topological polar surface area (TPSA) is 69.0 Å². The summed E-state index contributed by atoms with van der Waals surface area (Å²) in [4.78, 5) is 14.8. The maximum atomic E-state index is 12.2. The number of aromatic nitrogens is 3. The number of nitrogens with one attached hydrogen (secondary N) is 1. The van der Waals surface area contributed by atoms with Gasteiger partial charge in [0.15, 0.2) is 11.0 Å². The van der Waals surface area contributed by atoms with Gasteiger partial charge < -0.3 is 14.6 Å². The summed E-state index contributed by atoms with van der Waals surface area (Å²) in [5.74, 6) is 1.68. The molecule has 0 aliphatic heterocycles. The van der Waals surface area contributed by atoms with E-state index >= 15 is 0 Å². The van der Waals surface area contributed by atoms with Crippen molar-refractivity contribution in [1.82, 2.24) is 20.1 Å². The molecule has 148 valence electrons. The van der Waals surface area contributed by atoms with E-state index in [2.05, 4.69) is 28.5 Å². The number of thioether (sulfide) groups is 1. The van der Waals surface area contributed by atoms with Crippen LogP contribution in [0.25, 0.3) is 10.7 Å². The summed E-state index contributed by atoms with van der Waals surface area (Å²) in [6, 6.07) is 2.29. The summed E-state index contributed by atoms with van der Waals surface area (Å²) in [5, 5.41) is 12.1. The second-order valence-corrected chi connectivity index (χ2v) is 9.43. The lowest BCUT2D eigenvalue weighted by atomic mass is 9.87. The van der Waals surface area contributed by atoms with Gasteiger partial charge in [0.25, 0.3) is 0 Å². The Labute approximate surface area is 169 Å². The largest absolute Gasteiger partial charge is 0.383 e. The van der Waals surface area contributed by atoms with E-state index < -0.39 is 0 Å². The zero-order valence-electron chi connectivity index (χ0n) is 16.4. The van der Waals surface area contributed by atoms with Gasteiger partial charge in [-0.2, -0.15) is 0 Å². The van der Waals surface area contributed by atoms with Gasteiger partial charge in [-0.25, -0.2) is 0 Å². The fourth-order valence-corrected chi connectivity index (χ4v) is 5.39. The fraction of sp³-hybridized carbons (Fsp3) is 0.632. The van der Waals surface area contributed by atoms with Crippen LogP contribution in [0.3, 0.4) is 0 Å². The maximum Gasteiger partial charge on any atom is 0.233 e. The highest BCUT2D eigenvalue weighted by Gasteiger charge is 2.23. The lowest BCUT2D eigenvalue weighted by Gasteiger charge is -2.19. The zero-order chi connectivity index (χ0) is 19.4. The van der Waals surface area contributed by atoms with E-state index in [1.165, 1.54) is 52.8 Å². The SMILES string of the molecule is CC[C@@H]1CCc2sc(-c3nnc(S[C@@H](C)C(=O)NCCOC)n3C)cc2C1. The number of ether oxygens (including phenoxy) is 1. The van der Waals surface area contributed by atoms with Crippen molar-refractivity contribution in [3.8, 4) is 10.7 Å². The number of rotatable bonds is 8. The Morgan fingerprint density at radius 2 is 2.33 bits per heavy atom. The molecular weight excluding hydrogens is 380 g/mol. The molecule has 8 heteroatoms. The Balaban J connectivity index is 1.69. The molecule has 2 aromatic rings. The van der Waals surface area contributed by atoms with Crippen LogP contribution in [-0.4, -0.2) is 46.2 Å². The van der Waals surface area contributed by atoms with Gasteiger partial charge in [-0.05, 0) is 43.7 Å². The number of hydrogen-bond acceptors (Lipinski definition) is 6. The van der Waals surface area contributed by atoms with Gasteiger partial charge in [0.05, 0.1) is 16.7 Å². The smallest absolute Gasteiger partial charge is 0.233 e. The highest BCUT2D eigenvalue weighted by Crippen LogP contribution is 2.38. The average molecular weight is 409 g/mol. The second kappa shape index (κ2) is 9.21. The molecule has 2 aromatic heterocycles. The van der Waals surface area contributed by atoms with Crippen molar-refractivity contribution in [2.75, 3.05) is 20.3 Å². The minimum atomic E-state index is -0.237. The molecule has 0 saturated heterocycles. The van der Waals surface area contributed by atoms with Crippen molar-refractivity contribution < 1.29 is 9.53 Å². The zero-order valence-corrected chi connectivity index (χ0v) is 18.1. The molecule has 27 heavy (non-hydrogen) atoms. The van der Waals surface area contributed by atoms with Crippen LogP contribution in [0.5, 0.6) is 0 Å². The van der Waals surface area contributed by atoms with E-state index in [0.717, 1.165) is 16.9 Å². The monoisotopic (exact) mass is 408 g/mol. The second-order valence-electron chi connectivity index (χ2n) is 6.99. The van der Waals surface area contributed by atoms with Crippen molar-refractivity contribution in [3.05, 3.63) is 16.5 Å². The van der Waals surface area contributed by atoms with E-state index in [1.807, 2.05) is 29.9 Å². The van der Waals surface area contributed by atoms with Gasteiger partial charge in [0.1, 0.15) is 0 Å². The van der Waals surface area contributed by atoms with E-state index in [0.29, 0.717) is 13.2 Å². The Kier molecular flexibility index (Phi) is 6.94. The van der Waals surface area contributed by atoms with Crippen LogP contribution in [0.1, 0.15) is 37.1 Å². The third kappa shape index (κ3) is 4.73. The van der Waals surface area contributed by atoms with Crippen LogP contribution in [-0.2, 0) is 29.4 Å². The highest BCUT2D eigenvalue weighted by molar-refractivity contribution is 8.00. The molecule has 0 spiro atoms. The quantitative estimate of drug-likeness (QED) is 0.536. The molecule has 1 aliphatic rings. The molecule has 0 bridgehead atoms. The number of methoxy groups -OCH3 is 1. The number of fused-ring (bicyclic) bond motifs is 1. The summed E-state index contributed by atoms with van der Waals surface area (Å²) in [6.07, 6.45) is 4.90. The van der Waals surface area contributed by atoms with Gasteiger partial charge in [-0.1, -0.05) is 25.1 Å². The number of carbonyl (C=O) groups excluding carboxylic acids is 1. The molecule has 0 unspecified atom stereocenters. The average Bonchev–Trinajstić information content (AvgIpc) is 3.24. The first kappa shape index (κ1) is 20.4. The predicted octanol–water partition coefficient (Wildman–Crippen LogP) is 3.30. The third-order valence-corrected chi connectivity index (χ3v) is 7.44. The molecular formula is C19H28N4O2S2. The summed E-state index contributed by atoms with van der Waals surface area (Å²) in [6.45, 7) is 5.20. The van der Waals surface area contributed by atoms with Crippen LogP contribution in [0.15, 0.2) is 11.2 Å². The number of carbonyl (C=O) groups is 1. The first-order valence-corrected chi connectivity index (χ1v) is 11.2. The molecule has 1 N–H and O–H groups in total. The molecule has 0 aromatic carbocycles. The van der Waals surface area contributed by atoms with Gasteiger partial charge in [-0.15, -0.1) is 21.5 Å². The summed E-state index contributed by atoms with van der Waals surface area (Å²) in [7, 11) is 3.59. The van der Waals surface area contributed by atoms with Crippen LogP contribution in [0, 0.1) is 5.92 Å². The van der Waals surface area contributed by atoms with Crippen molar-refractivity contribution in [2.24, 2.45) is 13.0 Å². The molecule has 0 radical (unpaired) electrons. The lowest BCUT2D eigenvalue weighted by Crippen LogP contribution is -2.33. The van der Waals surface area contributed by atoms with Gasteiger partial charge in [0.2, 0.25) is 5.91 Å². The lowest BCUT2D eigenvalue weighted by molar-refractivity contribution is -0.120. The standard InChI is InChI=1S/C19H28N4O2S2/c1-5-13-6-7-15-14(10-13)11-16(27-15)17-21-22-19(23(17)3)26-12(2)18(24)20-8-9-25-4/h11-13H,5-10H2,1-4H3,(H,20,24)/t12-,13+/m0/s1. The normalized spacial score (nSPS) is 17.6. The number of amides is 1. The molecule has 2 heterocycles. The molecule has 1 amide bonds. The number of aryl methyl sites for hydroxylation is 1. The fourth-order valence-electron chi connectivity index (χ4n) is 3.32. The van der Waals surface area contributed by atoms with Gasteiger partial charge in [-0.3, -0.25) is 4.79 Å². The van der Waals surface area contributed by atoms with Crippen molar-refractivity contribution in [2.45, 2.75) is 49.9 Å². The number of hydrogen-bond donors (Lipinski definition) is 1. The first-order valence-electron chi connectivity index (χ1n) is 9.48.